The first kappa shape index (κ1) is 11.7. The molecule has 0 radical (unpaired) electrons. The Morgan fingerprint density at radius 1 is 1.33 bits per heavy atom. The second kappa shape index (κ2) is 4.71. The maximum Gasteiger partial charge on any atom is 0.0928 e. The monoisotopic (exact) mass is 244 g/mol. The van der Waals surface area contributed by atoms with Gasteiger partial charge in [0.25, 0.3) is 0 Å². The van der Waals surface area contributed by atoms with E-state index in [1.807, 2.05) is 12.3 Å². The maximum absolute atomic E-state index is 4.55. The number of nitrogens with zero attached hydrogens (tertiary/aromatic N) is 3. The van der Waals surface area contributed by atoms with Crippen molar-refractivity contribution in [2.24, 2.45) is 7.05 Å². The smallest absolute Gasteiger partial charge is 0.0928 e. The second-order valence-electron chi connectivity index (χ2n) is 5.17. The lowest BCUT2D eigenvalue weighted by molar-refractivity contribution is 0.355. The normalized spacial score (nSPS) is 22.2. The molecule has 96 valence electrons. The van der Waals surface area contributed by atoms with E-state index in [-0.39, 0.29) is 0 Å². The molecular weight excluding hydrogens is 224 g/mol. The van der Waals surface area contributed by atoms with Crippen LogP contribution in [0.4, 0.5) is 0 Å². The van der Waals surface area contributed by atoms with Crippen molar-refractivity contribution in [3.63, 3.8) is 0 Å². The van der Waals surface area contributed by atoms with E-state index in [1.165, 1.54) is 11.1 Å². The van der Waals surface area contributed by atoms with Gasteiger partial charge < -0.3 is 14.8 Å². The van der Waals surface area contributed by atoms with Crippen molar-refractivity contribution in [3.8, 4) is 0 Å². The summed E-state index contributed by atoms with van der Waals surface area (Å²) in [5.74, 6) is 0. The molecule has 4 nitrogen and oxygen atoms in total. The van der Waals surface area contributed by atoms with Crippen LogP contribution in [-0.2, 0) is 7.05 Å². The number of hydrogen-bond donors (Lipinski definition) is 1. The van der Waals surface area contributed by atoms with Gasteiger partial charge in [-0.15, -0.1) is 0 Å². The van der Waals surface area contributed by atoms with Gasteiger partial charge in [0, 0.05) is 44.1 Å². The number of aromatic nitrogens is 2. The topological polar surface area (TPSA) is 33.1 Å². The van der Waals surface area contributed by atoms with Crippen molar-refractivity contribution in [2.45, 2.75) is 12.5 Å². The lowest BCUT2D eigenvalue weighted by atomic mass is 10.1. The van der Waals surface area contributed by atoms with Crippen LogP contribution in [0.3, 0.4) is 0 Å². The van der Waals surface area contributed by atoms with E-state index >= 15 is 0 Å². The highest BCUT2D eigenvalue weighted by Crippen LogP contribution is 2.26. The van der Waals surface area contributed by atoms with E-state index in [9.17, 15) is 0 Å². The molecule has 1 N–H and O–H groups in total. The van der Waals surface area contributed by atoms with Crippen molar-refractivity contribution >= 4 is 11.0 Å². The van der Waals surface area contributed by atoms with Crippen LogP contribution in [0.15, 0.2) is 24.5 Å². The maximum atomic E-state index is 4.55. The fraction of sp³-hybridized carbons (Fsp3) is 0.500. The molecule has 1 aliphatic heterocycles. The molecule has 2 aromatic heterocycles. The van der Waals surface area contributed by atoms with Gasteiger partial charge in [-0.25, -0.2) is 0 Å². The highest BCUT2D eigenvalue weighted by molar-refractivity contribution is 5.80. The molecule has 1 aliphatic rings. The molecule has 0 aromatic carbocycles. The Morgan fingerprint density at radius 2 is 2.22 bits per heavy atom. The van der Waals surface area contributed by atoms with Crippen molar-refractivity contribution < 1.29 is 0 Å². The van der Waals surface area contributed by atoms with Crippen LogP contribution in [0.25, 0.3) is 11.0 Å². The third-order valence-corrected chi connectivity index (χ3v) is 3.83. The number of hydrogen-bond acceptors (Lipinski definition) is 3. The van der Waals surface area contributed by atoms with E-state index in [0.29, 0.717) is 6.04 Å². The van der Waals surface area contributed by atoms with Crippen LogP contribution in [-0.4, -0.2) is 41.1 Å². The molecule has 18 heavy (non-hydrogen) atoms. The fourth-order valence-electron chi connectivity index (χ4n) is 2.76. The van der Waals surface area contributed by atoms with Crippen molar-refractivity contribution in [3.05, 3.63) is 30.1 Å². The van der Waals surface area contributed by atoms with E-state index in [0.717, 1.165) is 31.6 Å². The molecule has 0 spiro atoms. The summed E-state index contributed by atoms with van der Waals surface area (Å²) in [6.07, 6.45) is 5.25. The zero-order valence-electron chi connectivity index (χ0n) is 11.1. The molecule has 1 atom stereocenters. The molecule has 0 aliphatic carbocycles. The van der Waals surface area contributed by atoms with Gasteiger partial charge in [-0.05, 0) is 32.1 Å². The lowest BCUT2D eigenvalue weighted by Gasteiger charge is -2.14. The largest absolute Gasteiger partial charge is 0.349 e. The number of nitrogens with one attached hydrogen (secondary N) is 1. The Balaban J connectivity index is 1.98. The quantitative estimate of drug-likeness (QED) is 0.826. The Morgan fingerprint density at radius 3 is 3.11 bits per heavy atom. The van der Waals surface area contributed by atoms with Gasteiger partial charge in [0.15, 0.2) is 0 Å². The molecule has 1 saturated heterocycles. The summed E-state index contributed by atoms with van der Waals surface area (Å²) in [5.41, 5.74) is 3.69. The Kier molecular flexibility index (Phi) is 3.06. The summed E-state index contributed by atoms with van der Waals surface area (Å²) in [4.78, 5) is 6.93. The second-order valence-corrected chi connectivity index (χ2v) is 5.17. The minimum atomic E-state index is 0.425. The summed E-state index contributed by atoms with van der Waals surface area (Å²) in [6.45, 7) is 3.31. The molecular formula is C14H20N4. The SMILES string of the molecule is CN1CCNC(c2cn(C)c3cccnc23)CC1. The van der Waals surface area contributed by atoms with E-state index in [2.05, 4.69) is 46.1 Å². The zero-order valence-corrected chi connectivity index (χ0v) is 11.1. The molecule has 0 bridgehead atoms. The predicted molar refractivity (Wildman–Crippen MR) is 73.6 cm³/mol. The Labute approximate surface area is 108 Å². The van der Waals surface area contributed by atoms with Crippen molar-refractivity contribution in [2.75, 3.05) is 26.7 Å². The number of likely N-dealkylation sites (N-methyl/N-ethyl adjacent to an activating group) is 1. The molecule has 1 unspecified atom stereocenters. The van der Waals surface area contributed by atoms with Gasteiger partial charge in [-0.2, -0.15) is 0 Å². The molecule has 3 heterocycles. The first-order valence-electron chi connectivity index (χ1n) is 6.57. The van der Waals surface area contributed by atoms with Gasteiger partial charge >= 0.3 is 0 Å². The number of pyridine rings is 1. The molecule has 3 rings (SSSR count). The van der Waals surface area contributed by atoms with Crippen molar-refractivity contribution in [1.82, 2.24) is 19.8 Å². The zero-order chi connectivity index (χ0) is 12.5. The number of fused-ring (bicyclic) bond motifs is 1. The average molecular weight is 244 g/mol. The Hall–Kier alpha value is -1.39. The highest BCUT2D eigenvalue weighted by Gasteiger charge is 2.20. The van der Waals surface area contributed by atoms with E-state index < -0.39 is 0 Å². The molecule has 0 saturated carbocycles. The van der Waals surface area contributed by atoms with Crippen molar-refractivity contribution in [1.29, 1.82) is 0 Å². The van der Waals surface area contributed by atoms with E-state index in [1.54, 1.807) is 0 Å². The average Bonchev–Trinajstić information content (AvgIpc) is 2.57. The summed E-state index contributed by atoms with van der Waals surface area (Å²) >= 11 is 0. The van der Waals surface area contributed by atoms with Gasteiger partial charge in [-0.3, -0.25) is 4.98 Å². The van der Waals surface area contributed by atoms with Gasteiger partial charge in [0.05, 0.1) is 11.0 Å². The minimum absolute atomic E-state index is 0.425. The van der Waals surface area contributed by atoms with Crippen LogP contribution < -0.4 is 5.32 Å². The van der Waals surface area contributed by atoms with Crippen LogP contribution in [0.2, 0.25) is 0 Å². The molecule has 4 heteroatoms. The van der Waals surface area contributed by atoms with Crippen LogP contribution in [0, 0.1) is 0 Å². The summed E-state index contributed by atoms with van der Waals surface area (Å²) in [6, 6.07) is 4.56. The van der Waals surface area contributed by atoms with Gasteiger partial charge in [0.1, 0.15) is 0 Å². The molecule has 2 aromatic rings. The fourth-order valence-corrected chi connectivity index (χ4v) is 2.76. The third kappa shape index (κ3) is 2.02. The first-order valence-corrected chi connectivity index (χ1v) is 6.57. The number of aryl methyl sites for hydroxylation is 1. The number of rotatable bonds is 1. The Bertz CT molecular complexity index is 546. The summed E-state index contributed by atoms with van der Waals surface area (Å²) in [5, 5.41) is 3.64. The van der Waals surface area contributed by atoms with Gasteiger partial charge in [-0.1, -0.05) is 0 Å². The first-order chi connectivity index (χ1) is 8.75. The molecule has 1 fully saturated rings. The van der Waals surface area contributed by atoms with Crippen LogP contribution in [0.5, 0.6) is 0 Å². The third-order valence-electron chi connectivity index (χ3n) is 3.83. The summed E-state index contributed by atoms with van der Waals surface area (Å²) in [7, 11) is 4.28. The van der Waals surface area contributed by atoms with E-state index in [4.69, 9.17) is 0 Å². The highest BCUT2D eigenvalue weighted by atomic mass is 15.1. The standard InChI is InChI=1S/C14H20N4/c1-17-8-5-12(15-7-9-17)11-10-18(2)13-4-3-6-16-14(11)13/h3-4,6,10,12,15H,5,7-9H2,1-2H3. The van der Waals surface area contributed by atoms with Crippen LogP contribution in [0.1, 0.15) is 18.0 Å². The summed E-state index contributed by atoms with van der Waals surface area (Å²) < 4.78 is 2.17. The predicted octanol–water partition coefficient (Wildman–Crippen LogP) is 1.54. The lowest BCUT2D eigenvalue weighted by Crippen LogP contribution is -2.25. The molecule has 0 amide bonds. The van der Waals surface area contributed by atoms with Crippen LogP contribution >= 0.6 is 0 Å². The van der Waals surface area contributed by atoms with Gasteiger partial charge in [0.2, 0.25) is 0 Å². The minimum Gasteiger partial charge on any atom is -0.349 e.